The maximum Gasteiger partial charge on any atom is 0.137 e. The number of hydrogen-bond acceptors (Lipinski definition) is 1. The minimum Gasteiger partial charge on any atom is -0.324 e. The van der Waals surface area contributed by atoms with Crippen LogP contribution in [0.5, 0.6) is 0 Å². The number of halogens is 2. The molecule has 1 aromatic rings. The molecule has 1 aliphatic rings. The number of hydrogen-bond donors (Lipinski definition) is 1. The van der Waals surface area contributed by atoms with Crippen molar-refractivity contribution in [2.75, 3.05) is 0 Å². The molecule has 1 aromatic carbocycles. The summed E-state index contributed by atoms with van der Waals surface area (Å²) >= 11 is 3.21. The molecule has 2 N–H and O–H groups in total. The van der Waals surface area contributed by atoms with Crippen molar-refractivity contribution in [1.29, 1.82) is 0 Å². The molecular formula is C15H21BrFN. The van der Waals surface area contributed by atoms with E-state index in [9.17, 15) is 4.39 Å². The maximum absolute atomic E-state index is 13.2. The zero-order chi connectivity index (χ0) is 13.0. The van der Waals surface area contributed by atoms with Crippen LogP contribution in [0.15, 0.2) is 22.7 Å². The summed E-state index contributed by atoms with van der Waals surface area (Å²) in [5.74, 6) is 0.631. The summed E-state index contributed by atoms with van der Waals surface area (Å²) in [5, 5.41) is 0. The predicted molar refractivity (Wildman–Crippen MR) is 76.8 cm³/mol. The molecule has 1 aliphatic carbocycles. The van der Waals surface area contributed by atoms with Crippen LogP contribution in [-0.4, -0.2) is 0 Å². The monoisotopic (exact) mass is 313 g/mol. The van der Waals surface area contributed by atoms with Crippen LogP contribution in [0.25, 0.3) is 0 Å². The van der Waals surface area contributed by atoms with Crippen molar-refractivity contribution >= 4 is 15.9 Å². The molecule has 2 rings (SSSR count). The fraction of sp³-hybridized carbons (Fsp3) is 0.600. The smallest absolute Gasteiger partial charge is 0.137 e. The van der Waals surface area contributed by atoms with Gasteiger partial charge >= 0.3 is 0 Å². The third-order valence-corrected chi connectivity index (χ3v) is 4.59. The van der Waals surface area contributed by atoms with Gasteiger partial charge in [-0.15, -0.1) is 0 Å². The van der Waals surface area contributed by atoms with Crippen molar-refractivity contribution in [3.63, 3.8) is 0 Å². The van der Waals surface area contributed by atoms with E-state index in [0.29, 0.717) is 4.47 Å². The first kappa shape index (κ1) is 14.0. The van der Waals surface area contributed by atoms with Gasteiger partial charge in [0.1, 0.15) is 5.82 Å². The van der Waals surface area contributed by atoms with Gasteiger partial charge in [0.15, 0.2) is 0 Å². The Bertz CT molecular complexity index is 388. The fourth-order valence-corrected chi connectivity index (χ4v) is 3.20. The number of rotatable bonds is 4. The molecule has 100 valence electrons. The summed E-state index contributed by atoms with van der Waals surface area (Å²) in [6.07, 6.45) is 9.08. The molecule has 0 saturated heterocycles. The average molecular weight is 314 g/mol. The van der Waals surface area contributed by atoms with E-state index in [1.807, 2.05) is 0 Å². The lowest BCUT2D eigenvalue weighted by Gasteiger charge is -2.23. The second-order valence-electron chi connectivity index (χ2n) is 5.36. The van der Waals surface area contributed by atoms with Gasteiger partial charge in [-0.3, -0.25) is 0 Å². The van der Waals surface area contributed by atoms with Gasteiger partial charge in [-0.1, -0.05) is 38.2 Å². The Morgan fingerprint density at radius 3 is 2.67 bits per heavy atom. The molecule has 1 nitrogen and oxygen atoms in total. The van der Waals surface area contributed by atoms with Gasteiger partial charge in [0, 0.05) is 6.04 Å². The van der Waals surface area contributed by atoms with Crippen molar-refractivity contribution in [3.8, 4) is 0 Å². The van der Waals surface area contributed by atoms with Crippen molar-refractivity contribution in [3.05, 3.63) is 34.1 Å². The minimum atomic E-state index is -0.224. The van der Waals surface area contributed by atoms with Crippen molar-refractivity contribution in [2.24, 2.45) is 11.7 Å². The van der Waals surface area contributed by atoms with E-state index in [1.54, 1.807) is 12.1 Å². The maximum atomic E-state index is 13.2. The van der Waals surface area contributed by atoms with Gasteiger partial charge in [0.05, 0.1) is 4.47 Å². The van der Waals surface area contributed by atoms with Crippen LogP contribution < -0.4 is 5.73 Å². The predicted octanol–water partition coefficient (Wildman–Crippen LogP) is 4.95. The highest BCUT2D eigenvalue weighted by molar-refractivity contribution is 9.10. The number of nitrogens with two attached hydrogens (primary N) is 1. The van der Waals surface area contributed by atoms with Crippen molar-refractivity contribution in [2.45, 2.75) is 51.0 Å². The molecule has 1 fully saturated rings. The van der Waals surface area contributed by atoms with Crippen LogP contribution in [0.3, 0.4) is 0 Å². The van der Waals surface area contributed by atoms with Crippen LogP contribution in [0.2, 0.25) is 0 Å². The zero-order valence-electron chi connectivity index (χ0n) is 10.7. The topological polar surface area (TPSA) is 26.0 Å². The van der Waals surface area contributed by atoms with Crippen LogP contribution in [0.1, 0.15) is 56.6 Å². The van der Waals surface area contributed by atoms with Gasteiger partial charge in [0.2, 0.25) is 0 Å². The minimum absolute atomic E-state index is 0.0313. The fourth-order valence-electron chi connectivity index (χ4n) is 2.80. The van der Waals surface area contributed by atoms with E-state index in [0.717, 1.165) is 17.9 Å². The highest BCUT2D eigenvalue weighted by Gasteiger charge is 2.15. The first-order valence-electron chi connectivity index (χ1n) is 6.87. The summed E-state index contributed by atoms with van der Waals surface area (Å²) in [4.78, 5) is 0. The molecular weight excluding hydrogens is 293 g/mol. The Morgan fingerprint density at radius 1 is 1.28 bits per heavy atom. The number of benzene rings is 1. The second kappa shape index (κ2) is 6.67. The van der Waals surface area contributed by atoms with Gasteiger partial charge in [-0.25, -0.2) is 4.39 Å². The normalized spacial score (nSPS) is 18.8. The standard InChI is InChI=1S/C15H21BrFN/c16-13-10-12(7-8-14(13)17)15(18)9-6-11-4-2-1-3-5-11/h7-8,10-11,15H,1-6,9,18H2. The van der Waals surface area contributed by atoms with Crippen LogP contribution in [0.4, 0.5) is 4.39 Å². The Labute approximate surface area is 117 Å². The molecule has 3 heteroatoms. The molecule has 0 amide bonds. The van der Waals surface area contributed by atoms with Gasteiger partial charge in [-0.05, 0) is 52.4 Å². The lowest BCUT2D eigenvalue weighted by atomic mass is 9.84. The van der Waals surface area contributed by atoms with Gasteiger partial charge in [-0.2, -0.15) is 0 Å². The van der Waals surface area contributed by atoms with Gasteiger partial charge < -0.3 is 5.73 Å². The first-order valence-corrected chi connectivity index (χ1v) is 7.66. The third-order valence-electron chi connectivity index (χ3n) is 3.98. The van der Waals surface area contributed by atoms with Crippen molar-refractivity contribution in [1.82, 2.24) is 0 Å². The molecule has 0 aliphatic heterocycles. The van der Waals surface area contributed by atoms with Crippen molar-refractivity contribution < 1.29 is 4.39 Å². The molecule has 1 unspecified atom stereocenters. The molecule has 0 aromatic heterocycles. The van der Waals surface area contributed by atoms with E-state index < -0.39 is 0 Å². The van der Waals surface area contributed by atoms with Crippen LogP contribution in [-0.2, 0) is 0 Å². The SMILES string of the molecule is NC(CCC1CCCCC1)c1ccc(F)c(Br)c1. The first-order chi connectivity index (χ1) is 8.66. The molecule has 0 radical (unpaired) electrons. The van der Waals surface area contributed by atoms with Crippen LogP contribution in [0, 0.1) is 11.7 Å². The van der Waals surface area contributed by atoms with E-state index in [1.165, 1.54) is 44.6 Å². The summed E-state index contributed by atoms with van der Waals surface area (Å²) in [6, 6.07) is 5.12. The van der Waals surface area contributed by atoms with E-state index >= 15 is 0 Å². The third kappa shape index (κ3) is 3.79. The Kier molecular flexibility index (Phi) is 5.19. The lowest BCUT2D eigenvalue weighted by Crippen LogP contribution is -2.14. The lowest BCUT2D eigenvalue weighted by molar-refractivity contribution is 0.324. The molecule has 0 spiro atoms. The average Bonchev–Trinajstić information content (AvgIpc) is 2.40. The summed E-state index contributed by atoms with van der Waals surface area (Å²) in [5.41, 5.74) is 7.21. The Morgan fingerprint density at radius 2 is 2.00 bits per heavy atom. The van der Waals surface area contributed by atoms with Crippen LogP contribution >= 0.6 is 15.9 Å². The molecule has 0 bridgehead atoms. The Balaban J connectivity index is 1.86. The van der Waals surface area contributed by atoms with E-state index in [-0.39, 0.29) is 11.9 Å². The molecule has 1 saturated carbocycles. The summed E-state index contributed by atoms with van der Waals surface area (Å²) in [7, 11) is 0. The molecule has 0 heterocycles. The summed E-state index contributed by atoms with van der Waals surface area (Å²) < 4.78 is 13.7. The highest BCUT2D eigenvalue weighted by atomic mass is 79.9. The summed E-state index contributed by atoms with van der Waals surface area (Å²) in [6.45, 7) is 0. The zero-order valence-corrected chi connectivity index (χ0v) is 12.3. The largest absolute Gasteiger partial charge is 0.324 e. The second-order valence-corrected chi connectivity index (χ2v) is 6.22. The quantitative estimate of drug-likeness (QED) is 0.836. The molecule has 18 heavy (non-hydrogen) atoms. The van der Waals surface area contributed by atoms with E-state index in [2.05, 4.69) is 15.9 Å². The Hall–Kier alpha value is -0.410. The highest BCUT2D eigenvalue weighted by Crippen LogP contribution is 2.30. The molecule has 1 atom stereocenters. The van der Waals surface area contributed by atoms with Gasteiger partial charge in [0.25, 0.3) is 0 Å². The van der Waals surface area contributed by atoms with E-state index in [4.69, 9.17) is 5.73 Å².